The third-order valence-electron chi connectivity index (χ3n) is 6.64. The lowest BCUT2D eigenvalue weighted by Crippen LogP contribution is -2.44. The van der Waals surface area contributed by atoms with Crippen LogP contribution in [0.1, 0.15) is 11.1 Å². The van der Waals surface area contributed by atoms with Gasteiger partial charge in [0.25, 0.3) is 0 Å². The molecule has 6 nitrogen and oxygen atoms in total. The molecule has 0 aliphatic carbocycles. The first kappa shape index (κ1) is 19.8. The summed E-state index contributed by atoms with van der Waals surface area (Å²) < 4.78 is 11.6. The number of amides is 2. The van der Waals surface area contributed by atoms with Gasteiger partial charge in [0.1, 0.15) is 11.4 Å². The third-order valence-corrected chi connectivity index (χ3v) is 6.64. The van der Waals surface area contributed by atoms with Crippen LogP contribution in [0.5, 0.6) is 5.75 Å². The summed E-state index contributed by atoms with van der Waals surface area (Å²) in [5.74, 6) is -0.372. The van der Waals surface area contributed by atoms with E-state index in [-0.39, 0.29) is 17.9 Å². The summed E-state index contributed by atoms with van der Waals surface area (Å²) >= 11 is 0. The van der Waals surface area contributed by atoms with Crippen LogP contribution in [0, 0.1) is 11.8 Å². The van der Waals surface area contributed by atoms with Crippen LogP contribution >= 0.6 is 0 Å². The number of carbonyl (C=O) groups excluding carboxylic acids is 2. The van der Waals surface area contributed by atoms with Gasteiger partial charge in [-0.05, 0) is 18.1 Å². The predicted molar refractivity (Wildman–Crippen MR) is 115 cm³/mol. The lowest BCUT2D eigenvalue weighted by molar-refractivity contribution is -0.137. The van der Waals surface area contributed by atoms with Gasteiger partial charge in [0, 0.05) is 18.7 Å². The maximum atomic E-state index is 13.3. The smallest absolute Gasteiger partial charge is 0.230 e. The summed E-state index contributed by atoms with van der Waals surface area (Å²) in [6.07, 6.45) is 4.38. The molecule has 2 aromatic rings. The second kappa shape index (κ2) is 7.85. The van der Waals surface area contributed by atoms with E-state index in [4.69, 9.17) is 9.47 Å². The molecule has 2 aromatic carbocycles. The minimum Gasteiger partial charge on any atom is -0.496 e. The first-order valence-electron chi connectivity index (χ1n) is 10.7. The zero-order valence-corrected chi connectivity index (χ0v) is 17.5. The van der Waals surface area contributed by atoms with Crippen LogP contribution < -0.4 is 10.1 Å². The number of nitrogens with zero attached hydrogens (tertiary/aromatic N) is 1. The number of methoxy groups -OCH3 is 1. The van der Waals surface area contributed by atoms with Gasteiger partial charge in [-0.25, -0.2) is 0 Å². The van der Waals surface area contributed by atoms with Crippen molar-refractivity contribution in [3.05, 3.63) is 77.9 Å². The Labute approximate surface area is 181 Å². The number of likely N-dealkylation sites (tertiary alicyclic amines) is 1. The first-order chi connectivity index (χ1) is 15.1. The lowest BCUT2D eigenvalue weighted by Gasteiger charge is -2.23. The van der Waals surface area contributed by atoms with Gasteiger partial charge in [0.2, 0.25) is 11.8 Å². The molecule has 3 aliphatic heterocycles. The van der Waals surface area contributed by atoms with Gasteiger partial charge in [-0.1, -0.05) is 60.7 Å². The number of rotatable bonds is 7. The fourth-order valence-corrected chi connectivity index (χ4v) is 5.12. The maximum absolute atomic E-state index is 13.3. The Balaban J connectivity index is 1.28. The van der Waals surface area contributed by atoms with E-state index < -0.39 is 17.4 Å². The Kier molecular flexibility index (Phi) is 5.02. The van der Waals surface area contributed by atoms with Crippen LogP contribution in [-0.4, -0.2) is 48.6 Å². The van der Waals surface area contributed by atoms with E-state index in [0.717, 1.165) is 17.7 Å². The number of nitrogens with one attached hydrogen (secondary N) is 1. The molecule has 160 valence electrons. The SMILES string of the molecule is COc1ccccc1CNC(=O)[C@@H]1[C@H]2C=C[C@]3(CN(CCc4ccccc4)C(=O)[C@@H]13)O2. The number of hydrogen-bond acceptors (Lipinski definition) is 4. The molecule has 1 N–H and O–H groups in total. The summed E-state index contributed by atoms with van der Waals surface area (Å²) in [6.45, 7) is 1.48. The summed E-state index contributed by atoms with van der Waals surface area (Å²) in [6, 6.07) is 17.7. The van der Waals surface area contributed by atoms with E-state index in [9.17, 15) is 9.59 Å². The molecule has 0 saturated carbocycles. The minimum absolute atomic E-state index is 0.0141. The molecule has 4 atom stereocenters. The molecule has 2 fully saturated rings. The fraction of sp³-hybridized carbons (Fsp3) is 0.360. The molecule has 2 saturated heterocycles. The molecule has 6 heteroatoms. The van der Waals surface area contributed by atoms with E-state index in [1.165, 1.54) is 5.56 Å². The van der Waals surface area contributed by atoms with Crippen LogP contribution in [-0.2, 0) is 27.3 Å². The zero-order valence-electron chi connectivity index (χ0n) is 17.5. The van der Waals surface area contributed by atoms with Gasteiger partial charge < -0.3 is 19.7 Å². The second-order valence-electron chi connectivity index (χ2n) is 8.43. The number of benzene rings is 2. The predicted octanol–water partition coefficient (Wildman–Crippen LogP) is 2.34. The quantitative estimate of drug-likeness (QED) is 0.701. The largest absolute Gasteiger partial charge is 0.496 e. The van der Waals surface area contributed by atoms with Crippen molar-refractivity contribution >= 4 is 11.8 Å². The molecule has 31 heavy (non-hydrogen) atoms. The van der Waals surface area contributed by atoms with Crippen molar-refractivity contribution < 1.29 is 19.1 Å². The molecule has 2 amide bonds. The highest BCUT2D eigenvalue weighted by molar-refractivity contribution is 5.93. The summed E-state index contributed by atoms with van der Waals surface area (Å²) in [4.78, 5) is 28.3. The van der Waals surface area contributed by atoms with E-state index in [1.54, 1.807) is 7.11 Å². The second-order valence-corrected chi connectivity index (χ2v) is 8.43. The highest BCUT2D eigenvalue weighted by atomic mass is 16.5. The Morgan fingerprint density at radius 3 is 2.77 bits per heavy atom. The van der Waals surface area contributed by atoms with E-state index in [2.05, 4.69) is 17.4 Å². The van der Waals surface area contributed by atoms with Crippen molar-refractivity contribution in [3.8, 4) is 5.75 Å². The maximum Gasteiger partial charge on any atom is 0.230 e. The Morgan fingerprint density at radius 1 is 1.19 bits per heavy atom. The van der Waals surface area contributed by atoms with Gasteiger partial charge in [0.15, 0.2) is 0 Å². The first-order valence-corrected chi connectivity index (χ1v) is 10.7. The molecule has 2 bridgehead atoms. The molecule has 0 aromatic heterocycles. The van der Waals surface area contributed by atoms with E-state index in [1.807, 2.05) is 59.5 Å². The van der Waals surface area contributed by atoms with Gasteiger partial charge in [-0.3, -0.25) is 9.59 Å². The number of hydrogen-bond donors (Lipinski definition) is 1. The van der Waals surface area contributed by atoms with Crippen molar-refractivity contribution in [3.63, 3.8) is 0 Å². The molecule has 1 spiro atoms. The van der Waals surface area contributed by atoms with Crippen LogP contribution in [0.2, 0.25) is 0 Å². The number of carbonyl (C=O) groups is 2. The Morgan fingerprint density at radius 2 is 1.97 bits per heavy atom. The van der Waals surface area contributed by atoms with Gasteiger partial charge >= 0.3 is 0 Å². The van der Waals surface area contributed by atoms with Crippen LogP contribution in [0.4, 0.5) is 0 Å². The van der Waals surface area contributed by atoms with Crippen molar-refractivity contribution in [1.82, 2.24) is 10.2 Å². The Hall–Kier alpha value is -3.12. The summed E-state index contributed by atoms with van der Waals surface area (Å²) in [5.41, 5.74) is 1.41. The third kappa shape index (κ3) is 3.41. The molecule has 3 aliphatic rings. The van der Waals surface area contributed by atoms with E-state index in [0.29, 0.717) is 19.6 Å². The topological polar surface area (TPSA) is 67.9 Å². The monoisotopic (exact) mass is 418 g/mol. The van der Waals surface area contributed by atoms with Crippen molar-refractivity contribution in [1.29, 1.82) is 0 Å². The molecule has 3 heterocycles. The molecular formula is C25H26N2O4. The Bertz CT molecular complexity index is 1020. The number of fused-ring (bicyclic) bond motifs is 1. The molecule has 5 rings (SSSR count). The van der Waals surface area contributed by atoms with Crippen LogP contribution in [0.3, 0.4) is 0 Å². The molecule has 0 unspecified atom stereocenters. The number of ether oxygens (including phenoxy) is 2. The zero-order chi connectivity index (χ0) is 21.4. The van der Waals surface area contributed by atoms with Crippen molar-refractivity contribution in [2.75, 3.05) is 20.2 Å². The number of para-hydroxylation sites is 1. The van der Waals surface area contributed by atoms with Gasteiger partial charge in [-0.15, -0.1) is 0 Å². The fourth-order valence-electron chi connectivity index (χ4n) is 5.12. The van der Waals surface area contributed by atoms with Crippen LogP contribution in [0.25, 0.3) is 0 Å². The summed E-state index contributed by atoms with van der Waals surface area (Å²) in [5, 5.41) is 3.00. The van der Waals surface area contributed by atoms with Crippen LogP contribution in [0.15, 0.2) is 66.7 Å². The highest BCUT2D eigenvalue weighted by Gasteiger charge is 2.66. The van der Waals surface area contributed by atoms with Crippen molar-refractivity contribution in [2.45, 2.75) is 24.7 Å². The highest BCUT2D eigenvalue weighted by Crippen LogP contribution is 2.51. The standard InChI is InChI=1S/C25H26N2O4/c1-30-19-10-6-5-9-18(19)15-26-23(28)21-20-11-13-25(31-20)16-27(24(29)22(21)25)14-12-17-7-3-2-4-8-17/h2-11,13,20-22H,12,14-16H2,1H3,(H,26,28)/t20-,21-,22-,25-/m1/s1. The van der Waals surface area contributed by atoms with Gasteiger partial charge in [0.05, 0.1) is 31.6 Å². The average molecular weight is 418 g/mol. The minimum atomic E-state index is -0.676. The molecule has 0 radical (unpaired) electrons. The van der Waals surface area contributed by atoms with E-state index >= 15 is 0 Å². The lowest BCUT2D eigenvalue weighted by atomic mass is 9.77. The van der Waals surface area contributed by atoms with Gasteiger partial charge in [-0.2, -0.15) is 0 Å². The average Bonchev–Trinajstić information content (AvgIpc) is 3.45. The molecular weight excluding hydrogens is 392 g/mol. The normalized spacial score (nSPS) is 28.1. The van der Waals surface area contributed by atoms with Crippen molar-refractivity contribution in [2.24, 2.45) is 11.8 Å². The summed E-state index contributed by atoms with van der Waals surface area (Å²) in [7, 11) is 1.61.